The van der Waals surface area contributed by atoms with Crippen LogP contribution in [0.25, 0.3) is 6.08 Å². The average Bonchev–Trinajstić information content (AvgIpc) is 2.72. The van der Waals surface area contributed by atoms with Crippen LogP contribution >= 0.6 is 0 Å². The topological polar surface area (TPSA) is 52.3 Å². The van der Waals surface area contributed by atoms with Gasteiger partial charge in [-0.25, -0.2) is 13.2 Å². The number of amides is 1. The second kappa shape index (κ2) is 9.71. The first-order chi connectivity index (χ1) is 11.9. The summed E-state index contributed by atoms with van der Waals surface area (Å²) in [6.07, 6.45) is 1.55. The van der Waals surface area contributed by atoms with Crippen LogP contribution in [0.4, 0.5) is 13.2 Å². The number of methoxy groups -OCH3 is 1. The van der Waals surface area contributed by atoms with Gasteiger partial charge in [-0.3, -0.25) is 4.79 Å². The van der Waals surface area contributed by atoms with Crippen LogP contribution in [0.3, 0.4) is 0 Å². The largest absolute Gasteiger partial charge is 0.496 e. The van der Waals surface area contributed by atoms with E-state index in [1.807, 2.05) is 13.8 Å². The van der Waals surface area contributed by atoms with E-state index < -0.39 is 23.7 Å². The molecular formula is C19H22F3NO2. The number of hydrogen-bond donors (Lipinski definition) is 1. The maximum absolute atomic E-state index is 13.9. The predicted octanol–water partition coefficient (Wildman–Crippen LogP) is 5.04. The minimum Gasteiger partial charge on any atom is -0.496 e. The number of alkyl halides is 1. The number of carbonyl (C=O) groups excluding carboxylic acids is 1. The molecule has 1 aromatic rings. The Balaban J connectivity index is 0.00000151. The van der Waals surface area contributed by atoms with Crippen LogP contribution in [0.1, 0.15) is 42.6 Å². The van der Waals surface area contributed by atoms with Crippen molar-refractivity contribution in [2.24, 2.45) is 5.73 Å². The van der Waals surface area contributed by atoms with Crippen molar-refractivity contribution in [3.63, 3.8) is 0 Å². The fourth-order valence-corrected chi connectivity index (χ4v) is 2.22. The van der Waals surface area contributed by atoms with Gasteiger partial charge in [0, 0.05) is 23.1 Å². The summed E-state index contributed by atoms with van der Waals surface area (Å²) >= 11 is 0. The molecule has 0 aliphatic heterocycles. The molecule has 1 atom stereocenters. The zero-order chi connectivity index (χ0) is 19.0. The molecule has 1 aliphatic rings. The number of allylic oxidation sites excluding steroid dienone is 5. The SMILES string of the molecule is CC.COc1ccc(C(N)=O)cc1/C=C/C1=C(F)CCC(F)C=C1F. The number of carbonyl (C=O) groups is 1. The summed E-state index contributed by atoms with van der Waals surface area (Å²) in [6, 6.07) is 4.46. The van der Waals surface area contributed by atoms with E-state index in [4.69, 9.17) is 10.5 Å². The Morgan fingerprint density at radius 2 is 1.96 bits per heavy atom. The van der Waals surface area contributed by atoms with Crippen LogP contribution < -0.4 is 10.5 Å². The monoisotopic (exact) mass is 353 g/mol. The molecule has 0 fully saturated rings. The minimum atomic E-state index is -1.51. The van der Waals surface area contributed by atoms with Crippen molar-refractivity contribution in [1.29, 1.82) is 0 Å². The third-order valence-corrected chi connectivity index (χ3v) is 3.46. The van der Waals surface area contributed by atoms with Crippen molar-refractivity contribution in [1.82, 2.24) is 0 Å². The lowest BCUT2D eigenvalue weighted by atomic mass is 10.1. The van der Waals surface area contributed by atoms with E-state index in [1.165, 1.54) is 37.5 Å². The summed E-state index contributed by atoms with van der Waals surface area (Å²) in [5, 5.41) is 0. The summed E-state index contributed by atoms with van der Waals surface area (Å²) in [5.74, 6) is -1.89. The standard InChI is InChI=1S/C17H16F3NO2.C2H6/c1-23-16-7-3-11(17(21)22)8-10(16)2-5-13-14(19)6-4-12(18)9-15(13)20;1-2/h2-3,5,7-9,12H,4,6H2,1H3,(H2,21,22);1-2H3/b5-2+;. The molecule has 136 valence electrons. The Kier molecular flexibility index (Phi) is 7.98. The van der Waals surface area contributed by atoms with Gasteiger partial charge in [0.05, 0.1) is 7.11 Å². The molecule has 0 spiro atoms. The molecule has 6 heteroatoms. The summed E-state index contributed by atoms with van der Waals surface area (Å²) < 4.78 is 46.2. The maximum atomic E-state index is 13.9. The van der Waals surface area contributed by atoms with E-state index in [-0.39, 0.29) is 24.0 Å². The molecule has 1 aliphatic carbocycles. The van der Waals surface area contributed by atoms with Crippen LogP contribution in [-0.4, -0.2) is 19.2 Å². The molecule has 1 aromatic carbocycles. The van der Waals surface area contributed by atoms with Crippen molar-refractivity contribution < 1.29 is 22.7 Å². The lowest BCUT2D eigenvalue weighted by Crippen LogP contribution is -2.10. The lowest BCUT2D eigenvalue weighted by molar-refractivity contribution is 0.1000. The van der Waals surface area contributed by atoms with Gasteiger partial charge < -0.3 is 10.5 Å². The van der Waals surface area contributed by atoms with Gasteiger partial charge in [-0.1, -0.05) is 19.9 Å². The molecule has 0 heterocycles. The second-order valence-corrected chi connectivity index (χ2v) is 5.04. The van der Waals surface area contributed by atoms with Gasteiger partial charge in [0.2, 0.25) is 5.91 Å². The molecule has 1 unspecified atom stereocenters. The fourth-order valence-electron chi connectivity index (χ4n) is 2.22. The molecule has 25 heavy (non-hydrogen) atoms. The molecule has 3 nitrogen and oxygen atoms in total. The Hall–Kier alpha value is -2.50. The van der Waals surface area contributed by atoms with E-state index in [1.54, 1.807) is 0 Å². The zero-order valence-corrected chi connectivity index (χ0v) is 14.5. The molecule has 2 N–H and O–H groups in total. The molecule has 0 radical (unpaired) electrons. The van der Waals surface area contributed by atoms with Gasteiger partial charge in [-0.15, -0.1) is 0 Å². The first kappa shape index (κ1) is 20.5. The van der Waals surface area contributed by atoms with E-state index >= 15 is 0 Å². The van der Waals surface area contributed by atoms with Gasteiger partial charge >= 0.3 is 0 Å². The van der Waals surface area contributed by atoms with Crippen LogP contribution in [-0.2, 0) is 0 Å². The highest BCUT2D eigenvalue weighted by Crippen LogP contribution is 2.30. The first-order valence-corrected chi connectivity index (χ1v) is 7.98. The zero-order valence-electron chi connectivity index (χ0n) is 14.5. The van der Waals surface area contributed by atoms with Crippen molar-refractivity contribution in [3.05, 3.63) is 58.7 Å². The number of rotatable bonds is 4. The Labute approximate surface area is 145 Å². The Morgan fingerprint density at radius 3 is 2.56 bits per heavy atom. The van der Waals surface area contributed by atoms with Crippen LogP contribution in [0.5, 0.6) is 5.75 Å². The number of primary amides is 1. The highest BCUT2D eigenvalue weighted by molar-refractivity contribution is 5.93. The molecule has 0 aromatic heterocycles. The Morgan fingerprint density at radius 1 is 1.28 bits per heavy atom. The summed E-state index contributed by atoms with van der Waals surface area (Å²) in [4.78, 5) is 11.2. The minimum absolute atomic E-state index is 0.100. The van der Waals surface area contributed by atoms with Crippen LogP contribution in [0.2, 0.25) is 0 Å². The van der Waals surface area contributed by atoms with Crippen molar-refractivity contribution in [2.75, 3.05) is 7.11 Å². The molecule has 1 amide bonds. The molecular weight excluding hydrogens is 331 g/mol. The predicted molar refractivity (Wildman–Crippen MR) is 93.3 cm³/mol. The molecule has 2 rings (SSSR count). The third kappa shape index (κ3) is 5.52. The summed E-state index contributed by atoms with van der Waals surface area (Å²) in [5.41, 5.74) is 5.57. The maximum Gasteiger partial charge on any atom is 0.248 e. The van der Waals surface area contributed by atoms with Crippen LogP contribution in [0, 0.1) is 0 Å². The highest BCUT2D eigenvalue weighted by Gasteiger charge is 2.18. The van der Waals surface area contributed by atoms with Gasteiger partial charge in [-0.05, 0) is 36.8 Å². The number of halogens is 3. The van der Waals surface area contributed by atoms with Crippen LogP contribution in [0.15, 0.2) is 47.6 Å². The highest BCUT2D eigenvalue weighted by atomic mass is 19.1. The van der Waals surface area contributed by atoms with E-state index in [0.717, 1.165) is 6.08 Å². The second-order valence-electron chi connectivity index (χ2n) is 5.04. The number of benzene rings is 1. The summed E-state index contributed by atoms with van der Waals surface area (Å²) in [6.45, 7) is 4.00. The third-order valence-electron chi connectivity index (χ3n) is 3.46. The van der Waals surface area contributed by atoms with E-state index in [0.29, 0.717) is 11.3 Å². The van der Waals surface area contributed by atoms with E-state index in [9.17, 15) is 18.0 Å². The average molecular weight is 353 g/mol. The first-order valence-electron chi connectivity index (χ1n) is 7.98. The lowest BCUT2D eigenvalue weighted by Gasteiger charge is -2.07. The van der Waals surface area contributed by atoms with Crippen molar-refractivity contribution in [3.8, 4) is 5.75 Å². The van der Waals surface area contributed by atoms with Gasteiger partial charge in [0.1, 0.15) is 23.6 Å². The quantitative estimate of drug-likeness (QED) is 0.824. The Bertz CT molecular complexity index is 709. The normalized spacial score (nSPS) is 17.5. The molecule has 0 saturated heterocycles. The smallest absolute Gasteiger partial charge is 0.248 e. The summed E-state index contributed by atoms with van der Waals surface area (Å²) in [7, 11) is 1.43. The van der Waals surface area contributed by atoms with Gasteiger partial charge in [-0.2, -0.15) is 0 Å². The van der Waals surface area contributed by atoms with E-state index in [2.05, 4.69) is 0 Å². The molecule has 0 saturated carbocycles. The van der Waals surface area contributed by atoms with Crippen molar-refractivity contribution in [2.45, 2.75) is 32.9 Å². The molecule has 0 bridgehead atoms. The van der Waals surface area contributed by atoms with Gasteiger partial charge in [0.25, 0.3) is 0 Å². The number of hydrogen-bond acceptors (Lipinski definition) is 2. The van der Waals surface area contributed by atoms with Gasteiger partial charge in [0.15, 0.2) is 0 Å². The number of nitrogens with two attached hydrogens (primary N) is 1. The van der Waals surface area contributed by atoms with Crippen molar-refractivity contribution >= 4 is 12.0 Å². The number of ether oxygens (including phenoxy) is 1. The fraction of sp³-hybridized carbons (Fsp3) is 0.316.